The number of aryl methyl sites for hydroxylation is 1. The van der Waals surface area contributed by atoms with Gasteiger partial charge in [0.15, 0.2) is 0 Å². The van der Waals surface area contributed by atoms with Crippen molar-refractivity contribution in [2.45, 2.75) is 90.4 Å². The van der Waals surface area contributed by atoms with Gasteiger partial charge in [0.2, 0.25) is 0 Å². The first-order chi connectivity index (χ1) is 13.5. The molecule has 0 bridgehead atoms. The maximum absolute atomic E-state index is 12.5. The number of aromatic nitrogens is 1. The number of rotatable bonds is 2. The Morgan fingerprint density at radius 2 is 2.11 bits per heavy atom. The molecule has 28 heavy (non-hydrogen) atoms. The van der Waals surface area contributed by atoms with Gasteiger partial charge in [-0.3, -0.25) is 4.79 Å². The molecular formula is C23H33NO3S. The molecule has 0 spiro atoms. The number of ether oxygens (including phenoxy) is 2. The van der Waals surface area contributed by atoms with E-state index in [1.807, 2.05) is 25.3 Å². The van der Waals surface area contributed by atoms with Crippen LogP contribution in [0.5, 0.6) is 0 Å². The molecule has 0 N–H and O–H groups in total. The van der Waals surface area contributed by atoms with E-state index in [1.165, 1.54) is 19.3 Å². The number of thiazole rings is 1. The van der Waals surface area contributed by atoms with E-state index in [0.29, 0.717) is 12.3 Å². The van der Waals surface area contributed by atoms with E-state index >= 15 is 0 Å². The zero-order chi connectivity index (χ0) is 19.9. The molecule has 0 aromatic carbocycles. The molecule has 4 nitrogen and oxygen atoms in total. The predicted molar refractivity (Wildman–Crippen MR) is 114 cm³/mol. The number of fused-ring (bicyclic) bond motifs is 1. The number of carbonyl (C=O) groups excluding carboxylic acids is 1. The summed E-state index contributed by atoms with van der Waals surface area (Å²) in [6.07, 6.45) is 14.6. The lowest BCUT2D eigenvalue weighted by Crippen LogP contribution is -2.22. The second-order valence-corrected chi connectivity index (χ2v) is 9.30. The summed E-state index contributed by atoms with van der Waals surface area (Å²) in [5.41, 5.74) is 1.98. The number of allylic oxidation sites excluding steroid dienone is 1. The normalized spacial score (nSPS) is 30.5. The summed E-state index contributed by atoms with van der Waals surface area (Å²) in [4.78, 5) is 17.0. The lowest BCUT2D eigenvalue weighted by atomic mass is 9.97. The van der Waals surface area contributed by atoms with Crippen LogP contribution in [0.2, 0.25) is 0 Å². The van der Waals surface area contributed by atoms with E-state index in [2.05, 4.69) is 24.1 Å². The molecule has 2 aliphatic rings. The van der Waals surface area contributed by atoms with Crippen LogP contribution in [-0.2, 0) is 14.3 Å². The molecular weight excluding hydrogens is 370 g/mol. The minimum Gasteiger partial charge on any atom is -0.458 e. The Labute approximate surface area is 173 Å². The lowest BCUT2D eigenvalue weighted by Gasteiger charge is -2.19. The Morgan fingerprint density at radius 3 is 2.89 bits per heavy atom. The number of nitrogens with zero attached hydrogens (tertiary/aromatic N) is 1. The molecule has 4 atom stereocenters. The highest BCUT2D eigenvalue weighted by atomic mass is 32.1. The van der Waals surface area contributed by atoms with Crippen LogP contribution in [0.3, 0.4) is 0 Å². The first-order valence-corrected chi connectivity index (χ1v) is 11.5. The minimum absolute atomic E-state index is 0.0942. The third-order valence-corrected chi connectivity index (χ3v) is 6.41. The molecule has 1 aromatic heterocycles. The Hall–Kier alpha value is -1.46. The summed E-state index contributed by atoms with van der Waals surface area (Å²) in [5, 5.41) is 3.08. The van der Waals surface area contributed by atoms with Crippen molar-refractivity contribution in [1.82, 2.24) is 4.98 Å². The number of esters is 1. The molecule has 1 aromatic rings. The summed E-state index contributed by atoms with van der Waals surface area (Å²) >= 11 is 1.63. The van der Waals surface area contributed by atoms with Crippen LogP contribution in [-0.4, -0.2) is 29.3 Å². The smallest absolute Gasteiger partial charge is 0.306 e. The van der Waals surface area contributed by atoms with Gasteiger partial charge in [-0.25, -0.2) is 4.98 Å². The lowest BCUT2D eigenvalue weighted by molar-refractivity contribution is -0.148. The number of cyclic esters (lactones) is 1. The third kappa shape index (κ3) is 6.85. The molecule has 3 heterocycles. The first-order valence-electron chi connectivity index (χ1n) is 10.6. The summed E-state index contributed by atoms with van der Waals surface area (Å²) in [7, 11) is 0. The van der Waals surface area contributed by atoms with Crippen molar-refractivity contribution < 1.29 is 14.3 Å². The number of hydrogen-bond acceptors (Lipinski definition) is 5. The maximum atomic E-state index is 12.5. The fourth-order valence-corrected chi connectivity index (χ4v) is 4.30. The van der Waals surface area contributed by atoms with Gasteiger partial charge in [0, 0.05) is 18.2 Å². The topological polar surface area (TPSA) is 51.7 Å². The van der Waals surface area contributed by atoms with Gasteiger partial charge >= 0.3 is 5.97 Å². The van der Waals surface area contributed by atoms with Crippen LogP contribution >= 0.6 is 11.3 Å². The van der Waals surface area contributed by atoms with Gasteiger partial charge < -0.3 is 9.47 Å². The molecule has 0 aliphatic carbocycles. The molecule has 2 aliphatic heterocycles. The van der Waals surface area contributed by atoms with E-state index in [-0.39, 0.29) is 24.3 Å². The van der Waals surface area contributed by atoms with Crippen molar-refractivity contribution in [3.05, 3.63) is 33.8 Å². The van der Waals surface area contributed by atoms with Crippen LogP contribution in [0, 0.1) is 12.8 Å². The van der Waals surface area contributed by atoms with Gasteiger partial charge in [0.05, 0.1) is 22.9 Å². The molecule has 1 saturated heterocycles. The minimum atomic E-state index is -0.239. The Balaban J connectivity index is 1.68. The standard InChI is InChI=1S/C23H33NO3S/c1-16-9-7-5-4-6-8-10-20-22(26-20)14-21(27-23(25)12-11-16)17(2)13-19-15-28-18(3)24-19/h6,8,13,15-16,20-22H,4-5,7,9-12,14H2,1-3H3/t16-,20+,21-,22-/m0/s1. The average molecular weight is 404 g/mol. The van der Waals surface area contributed by atoms with Crippen molar-refractivity contribution >= 4 is 23.4 Å². The second kappa shape index (κ2) is 10.4. The van der Waals surface area contributed by atoms with Crippen LogP contribution < -0.4 is 0 Å². The van der Waals surface area contributed by atoms with E-state index in [1.54, 1.807) is 11.3 Å². The van der Waals surface area contributed by atoms with Gasteiger partial charge in [-0.2, -0.15) is 0 Å². The van der Waals surface area contributed by atoms with Gasteiger partial charge in [-0.15, -0.1) is 11.3 Å². The maximum Gasteiger partial charge on any atom is 0.306 e. The van der Waals surface area contributed by atoms with Gasteiger partial charge in [-0.05, 0) is 57.1 Å². The van der Waals surface area contributed by atoms with Crippen molar-refractivity contribution in [1.29, 1.82) is 0 Å². The molecule has 5 heteroatoms. The van der Waals surface area contributed by atoms with Crippen LogP contribution in [0.25, 0.3) is 6.08 Å². The van der Waals surface area contributed by atoms with Crippen molar-refractivity contribution in [3.63, 3.8) is 0 Å². The molecule has 1 fully saturated rings. The number of carbonyl (C=O) groups is 1. The van der Waals surface area contributed by atoms with E-state index < -0.39 is 0 Å². The Morgan fingerprint density at radius 1 is 1.25 bits per heavy atom. The summed E-state index contributed by atoms with van der Waals surface area (Å²) < 4.78 is 11.8. The largest absolute Gasteiger partial charge is 0.458 e. The Bertz CT molecular complexity index is 708. The molecule has 0 saturated carbocycles. The first kappa shape index (κ1) is 21.3. The highest BCUT2D eigenvalue weighted by molar-refractivity contribution is 7.09. The summed E-state index contributed by atoms with van der Waals surface area (Å²) in [5.74, 6) is 0.469. The quantitative estimate of drug-likeness (QED) is 0.352. The van der Waals surface area contributed by atoms with Crippen LogP contribution in [0.4, 0.5) is 0 Å². The van der Waals surface area contributed by atoms with Crippen molar-refractivity contribution in [2.24, 2.45) is 5.92 Å². The van der Waals surface area contributed by atoms with E-state index in [4.69, 9.17) is 9.47 Å². The van der Waals surface area contributed by atoms with Crippen LogP contribution in [0.15, 0.2) is 23.1 Å². The number of hydrogen-bond donors (Lipinski definition) is 0. The van der Waals surface area contributed by atoms with Crippen molar-refractivity contribution in [2.75, 3.05) is 0 Å². The third-order valence-electron chi connectivity index (χ3n) is 5.62. The highest BCUT2D eigenvalue weighted by Crippen LogP contribution is 2.33. The van der Waals surface area contributed by atoms with Gasteiger partial charge in [0.25, 0.3) is 0 Å². The summed E-state index contributed by atoms with van der Waals surface area (Å²) in [6, 6.07) is 0. The summed E-state index contributed by atoms with van der Waals surface area (Å²) in [6.45, 7) is 6.27. The van der Waals surface area contributed by atoms with Gasteiger partial charge in [-0.1, -0.05) is 31.9 Å². The monoisotopic (exact) mass is 403 g/mol. The molecule has 3 rings (SSSR count). The highest BCUT2D eigenvalue weighted by Gasteiger charge is 2.40. The second-order valence-electron chi connectivity index (χ2n) is 8.24. The van der Waals surface area contributed by atoms with Crippen LogP contribution in [0.1, 0.15) is 75.9 Å². The molecule has 0 radical (unpaired) electrons. The fraction of sp³-hybridized carbons (Fsp3) is 0.652. The van der Waals surface area contributed by atoms with E-state index in [9.17, 15) is 4.79 Å². The van der Waals surface area contributed by atoms with Gasteiger partial charge in [0.1, 0.15) is 6.10 Å². The SMILES string of the molecule is CC(=Cc1csc(C)n1)[C@@H]1C[C@@H]2O[C@@H]2CC=CCCCC[C@H](C)CCC(=O)O1. The predicted octanol–water partition coefficient (Wildman–Crippen LogP) is 5.86. The zero-order valence-corrected chi connectivity index (χ0v) is 18.2. The fourth-order valence-electron chi connectivity index (χ4n) is 3.73. The van der Waals surface area contributed by atoms with Crippen molar-refractivity contribution in [3.8, 4) is 0 Å². The number of epoxide rings is 1. The average Bonchev–Trinajstić information content (AvgIpc) is 3.27. The molecule has 154 valence electrons. The van der Waals surface area contributed by atoms with E-state index in [0.717, 1.165) is 42.0 Å². The molecule has 0 amide bonds. The zero-order valence-electron chi connectivity index (χ0n) is 17.4. The Kier molecular flexibility index (Phi) is 7.86. The molecule has 0 unspecified atom stereocenters.